The molecule has 104 valence electrons. The molecule has 2 atom stereocenters. The highest BCUT2D eigenvalue weighted by Gasteiger charge is 2.30. The monoisotopic (exact) mass is 285 g/mol. The van der Waals surface area contributed by atoms with Crippen molar-refractivity contribution in [2.75, 3.05) is 14.2 Å². The van der Waals surface area contributed by atoms with Crippen LogP contribution in [0.25, 0.3) is 0 Å². The van der Waals surface area contributed by atoms with Gasteiger partial charge < -0.3 is 10.1 Å². The van der Waals surface area contributed by atoms with E-state index >= 15 is 0 Å². The maximum atomic E-state index is 5.52. The molecule has 1 aliphatic heterocycles. The van der Waals surface area contributed by atoms with Crippen LogP contribution in [0.4, 0.5) is 0 Å². The maximum absolute atomic E-state index is 5.52. The Hall–Kier alpha value is -1.45. The van der Waals surface area contributed by atoms with E-state index in [-0.39, 0.29) is 0 Å². The molecule has 1 aliphatic rings. The summed E-state index contributed by atoms with van der Waals surface area (Å²) in [6.07, 6.45) is 1.10. The van der Waals surface area contributed by atoms with Gasteiger partial charge in [0, 0.05) is 21.8 Å². The van der Waals surface area contributed by atoms with Crippen LogP contribution in [0.15, 0.2) is 53.4 Å². The zero-order valence-corrected chi connectivity index (χ0v) is 12.6. The van der Waals surface area contributed by atoms with Gasteiger partial charge in [-0.2, -0.15) is 0 Å². The van der Waals surface area contributed by atoms with Gasteiger partial charge >= 0.3 is 0 Å². The van der Waals surface area contributed by atoms with Crippen LogP contribution in [0.2, 0.25) is 0 Å². The normalized spacial score (nSPS) is 18.6. The molecule has 1 N–H and O–H groups in total. The van der Waals surface area contributed by atoms with Crippen LogP contribution in [0.5, 0.6) is 5.75 Å². The molecule has 0 fully saturated rings. The molecule has 0 saturated heterocycles. The van der Waals surface area contributed by atoms with Crippen LogP contribution in [0.1, 0.15) is 17.2 Å². The SMILES string of the molecule is CNC(c1ccccc1OC)C1Cc2ccccc2S1. The zero-order valence-electron chi connectivity index (χ0n) is 11.8. The smallest absolute Gasteiger partial charge is 0.123 e. The molecule has 0 amide bonds. The summed E-state index contributed by atoms with van der Waals surface area (Å²) in [5.74, 6) is 0.961. The lowest BCUT2D eigenvalue weighted by Gasteiger charge is -2.24. The lowest BCUT2D eigenvalue weighted by Crippen LogP contribution is -2.27. The number of fused-ring (bicyclic) bond motifs is 1. The van der Waals surface area contributed by atoms with Gasteiger partial charge in [-0.05, 0) is 31.2 Å². The predicted molar refractivity (Wildman–Crippen MR) is 84.6 cm³/mol. The van der Waals surface area contributed by atoms with Crippen molar-refractivity contribution in [1.82, 2.24) is 5.32 Å². The lowest BCUT2D eigenvalue weighted by molar-refractivity contribution is 0.400. The number of methoxy groups -OCH3 is 1. The van der Waals surface area contributed by atoms with Gasteiger partial charge in [0.1, 0.15) is 5.75 Å². The fourth-order valence-corrected chi connectivity index (χ4v) is 4.33. The number of hydrogen-bond acceptors (Lipinski definition) is 3. The number of nitrogens with one attached hydrogen (secondary N) is 1. The fraction of sp³-hybridized carbons (Fsp3) is 0.294. The van der Waals surface area contributed by atoms with Gasteiger partial charge in [0.05, 0.1) is 7.11 Å². The summed E-state index contributed by atoms with van der Waals surface area (Å²) in [5, 5.41) is 3.98. The lowest BCUT2D eigenvalue weighted by atomic mass is 9.98. The Bertz CT molecular complexity index is 574. The third kappa shape index (κ3) is 2.43. The topological polar surface area (TPSA) is 21.3 Å². The molecule has 0 bridgehead atoms. The third-order valence-electron chi connectivity index (χ3n) is 3.83. The first-order chi connectivity index (χ1) is 9.83. The van der Waals surface area contributed by atoms with Crippen molar-refractivity contribution in [3.8, 4) is 5.75 Å². The summed E-state index contributed by atoms with van der Waals surface area (Å²) >= 11 is 1.96. The number of benzene rings is 2. The minimum Gasteiger partial charge on any atom is -0.496 e. The summed E-state index contributed by atoms with van der Waals surface area (Å²) in [4.78, 5) is 1.41. The van der Waals surface area contributed by atoms with Crippen molar-refractivity contribution >= 4 is 11.8 Å². The maximum Gasteiger partial charge on any atom is 0.123 e. The molecule has 2 aromatic rings. The van der Waals surface area contributed by atoms with E-state index in [1.54, 1.807) is 7.11 Å². The van der Waals surface area contributed by atoms with Crippen LogP contribution < -0.4 is 10.1 Å². The molecule has 20 heavy (non-hydrogen) atoms. The summed E-state index contributed by atoms with van der Waals surface area (Å²) in [7, 11) is 3.77. The second-order valence-corrected chi connectivity index (χ2v) is 6.26. The predicted octanol–water partition coefficient (Wildman–Crippen LogP) is 3.67. The second-order valence-electron chi connectivity index (χ2n) is 4.98. The van der Waals surface area contributed by atoms with E-state index in [0.717, 1.165) is 12.2 Å². The van der Waals surface area contributed by atoms with Crippen LogP contribution in [0.3, 0.4) is 0 Å². The Labute approximate surface area is 124 Å². The first-order valence-corrected chi connectivity index (χ1v) is 7.76. The number of hydrogen-bond donors (Lipinski definition) is 1. The van der Waals surface area contributed by atoms with E-state index in [4.69, 9.17) is 4.74 Å². The van der Waals surface area contributed by atoms with Crippen LogP contribution in [-0.2, 0) is 6.42 Å². The highest BCUT2D eigenvalue weighted by atomic mass is 32.2. The molecule has 2 aromatic carbocycles. The summed E-state index contributed by atoms with van der Waals surface area (Å²) in [6, 6.07) is 17.3. The number of para-hydroxylation sites is 1. The number of thioether (sulfide) groups is 1. The van der Waals surface area contributed by atoms with Gasteiger partial charge in [0.2, 0.25) is 0 Å². The summed E-state index contributed by atoms with van der Waals surface area (Å²) in [5.41, 5.74) is 2.69. The molecular weight excluding hydrogens is 266 g/mol. The molecule has 2 nitrogen and oxygen atoms in total. The molecule has 0 aromatic heterocycles. The molecule has 3 rings (SSSR count). The van der Waals surface area contributed by atoms with Gasteiger partial charge in [-0.25, -0.2) is 0 Å². The van der Waals surface area contributed by atoms with E-state index < -0.39 is 0 Å². The Morgan fingerprint density at radius 2 is 1.90 bits per heavy atom. The van der Waals surface area contributed by atoms with E-state index in [1.807, 2.05) is 30.9 Å². The Balaban J connectivity index is 1.89. The number of rotatable bonds is 4. The van der Waals surface area contributed by atoms with Gasteiger partial charge in [0.15, 0.2) is 0 Å². The zero-order chi connectivity index (χ0) is 13.9. The van der Waals surface area contributed by atoms with Crippen molar-refractivity contribution in [2.45, 2.75) is 22.6 Å². The quantitative estimate of drug-likeness (QED) is 0.926. The van der Waals surface area contributed by atoms with Crippen molar-refractivity contribution in [1.29, 1.82) is 0 Å². The van der Waals surface area contributed by atoms with Gasteiger partial charge in [-0.3, -0.25) is 0 Å². The number of ether oxygens (including phenoxy) is 1. The minimum atomic E-state index is 0.295. The third-order valence-corrected chi connectivity index (χ3v) is 5.22. The van der Waals surface area contributed by atoms with Crippen LogP contribution in [0, 0.1) is 0 Å². The van der Waals surface area contributed by atoms with E-state index in [9.17, 15) is 0 Å². The summed E-state index contributed by atoms with van der Waals surface area (Å²) in [6.45, 7) is 0. The molecule has 2 unspecified atom stereocenters. The highest BCUT2D eigenvalue weighted by Crippen LogP contribution is 2.43. The second kappa shape index (κ2) is 5.90. The average Bonchev–Trinajstić information content (AvgIpc) is 2.92. The molecule has 0 radical (unpaired) electrons. The van der Waals surface area contributed by atoms with Crippen LogP contribution in [-0.4, -0.2) is 19.4 Å². The first kappa shape index (κ1) is 13.5. The first-order valence-electron chi connectivity index (χ1n) is 6.88. The molecular formula is C17H19NOS. The van der Waals surface area contributed by atoms with Gasteiger partial charge in [-0.15, -0.1) is 11.8 Å². The molecule has 1 heterocycles. The molecule has 0 saturated carbocycles. The largest absolute Gasteiger partial charge is 0.496 e. The van der Waals surface area contributed by atoms with Gasteiger partial charge in [-0.1, -0.05) is 36.4 Å². The fourth-order valence-electron chi connectivity index (χ4n) is 2.86. The van der Waals surface area contributed by atoms with E-state index in [0.29, 0.717) is 11.3 Å². The Morgan fingerprint density at radius 3 is 2.65 bits per heavy atom. The minimum absolute atomic E-state index is 0.295. The van der Waals surface area contributed by atoms with Crippen molar-refractivity contribution < 1.29 is 4.74 Å². The molecule has 3 heteroatoms. The standard InChI is InChI=1S/C17H19NOS/c1-18-17(13-8-4-5-9-14(13)19-2)16-11-12-7-3-6-10-15(12)20-16/h3-10,16-18H,11H2,1-2H3. The van der Waals surface area contributed by atoms with E-state index in [1.165, 1.54) is 16.0 Å². The van der Waals surface area contributed by atoms with Crippen LogP contribution >= 0.6 is 11.8 Å². The Morgan fingerprint density at radius 1 is 1.15 bits per heavy atom. The summed E-state index contributed by atoms with van der Waals surface area (Å²) < 4.78 is 5.52. The molecule has 0 spiro atoms. The van der Waals surface area contributed by atoms with Crippen molar-refractivity contribution in [3.63, 3.8) is 0 Å². The van der Waals surface area contributed by atoms with Crippen molar-refractivity contribution in [2.24, 2.45) is 0 Å². The Kier molecular flexibility index (Phi) is 3.99. The average molecular weight is 285 g/mol. The molecule has 0 aliphatic carbocycles. The van der Waals surface area contributed by atoms with E-state index in [2.05, 4.69) is 41.7 Å². The van der Waals surface area contributed by atoms with Gasteiger partial charge in [0.25, 0.3) is 0 Å². The highest BCUT2D eigenvalue weighted by molar-refractivity contribution is 8.00. The van der Waals surface area contributed by atoms with Crippen molar-refractivity contribution in [3.05, 3.63) is 59.7 Å².